The summed E-state index contributed by atoms with van der Waals surface area (Å²) in [6, 6.07) is 11.6. The minimum absolute atomic E-state index is 0.234. The van der Waals surface area contributed by atoms with Gasteiger partial charge in [-0.3, -0.25) is 0 Å². The maximum Gasteiger partial charge on any atom is 0.335 e. The molecular weight excluding hydrogens is 273 g/mol. The quantitative estimate of drug-likeness (QED) is 0.875. The molecule has 0 fully saturated rings. The lowest BCUT2D eigenvalue weighted by atomic mass is 10.2. The molecule has 2 aromatic rings. The summed E-state index contributed by atoms with van der Waals surface area (Å²) >= 11 is 11.9. The second-order valence-corrected chi connectivity index (χ2v) is 4.39. The standard InChI is InChI=1S/C13H9Cl2NO2/c14-10-2-1-3-11(12(10)15)16-9-6-4-8(5-7-9)13(17)18/h1-7,16H,(H,17,18). The van der Waals surface area contributed by atoms with Gasteiger partial charge in [0.2, 0.25) is 0 Å². The lowest BCUT2D eigenvalue weighted by Gasteiger charge is -2.09. The first kappa shape index (κ1) is 12.7. The Morgan fingerprint density at radius 1 is 1.06 bits per heavy atom. The predicted molar refractivity (Wildman–Crippen MR) is 73.1 cm³/mol. The van der Waals surface area contributed by atoms with Gasteiger partial charge in [-0.05, 0) is 36.4 Å². The zero-order chi connectivity index (χ0) is 13.1. The number of benzene rings is 2. The van der Waals surface area contributed by atoms with Gasteiger partial charge in [-0.1, -0.05) is 29.3 Å². The molecule has 5 heteroatoms. The number of carboxylic acid groups (broad SMARTS) is 1. The van der Waals surface area contributed by atoms with E-state index >= 15 is 0 Å². The highest BCUT2D eigenvalue weighted by Gasteiger charge is 2.05. The molecule has 0 bridgehead atoms. The van der Waals surface area contributed by atoms with Crippen LogP contribution in [0, 0.1) is 0 Å². The third kappa shape index (κ3) is 2.75. The van der Waals surface area contributed by atoms with Gasteiger partial charge >= 0.3 is 5.97 Å². The second-order valence-electron chi connectivity index (χ2n) is 3.61. The molecule has 0 radical (unpaired) electrons. The van der Waals surface area contributed by atoms with Crippen molar-refractivity contribution in [2.75, 3.05) is 5.32 Å². The SMILES string of the molecule is O=C(O)c1ccc(Nc2cccc(Cl)c2Cl)cc1. The van der Waals surface area contributed by atoms with Gasteiger partial charge in [-0.25, -0.2) is 4.79 Å². The van der Waals surface area contributed by atoms with Crippen LogP contribution < -0.4 is 5.32 Å². The number of rotatable bonds is 3. The van der Waals surface area contributed by atoms with E-state index in [1.807, 2.05) is 0 Å². The van der Waals surface area contributed by atoms with E-state index in [1.54, 1.807) is 30.3 Å². The number of aromatic carboxylic acids is 1. The van der Waals surface area contributed by atoms with Gasteiger partial charge in [-0.2, -0.15) is 0 Å². The Balaban J connectivity index is 2.24. The van der Waals surface area contributed by atoms with Gasteiger partial charge in [0.25, 0.3) is 0 Å². The van der Waals surface area contributed by atoms with Gasteiger partial charge in [0.15, 0.2) is 0 Å². The molecular formula is C13H9Cl2NO2. The maximum absolute atomic E-state index is 10.7. The van der Waals surface area contributed by atoms with Crippen molar-refractivity contribution >= 4 is 40.5 Å². The van der Waals surface area contributed by atoms with Crippen molar-refractivity contribution < 1.29 is 9.90 Å². The predicted octanol–water partition coefficient (Wildman–Crippen LogP) is 4.44. The summed E-state index contributed by atoms with van der Waals surface area (Å²) in [5, 5.41) is 12.8. The minimum atomic E-state index is -0.956. The number of halogens is 2. The van der Waals surface area contributed by atoms with Crippen LogP contribution >= 0.6 is 23.2 Å². The highest BCUT2D eigenvalue weighted by Crippen LogP contribution is 2.31. The van der Waals surface area contributed by atoms with E-state index in [2.05, 4.69) is 5.32 Å². The van der Waals surface area contributed by atoms with Crippen molar-refractivity contribution in [3.8, 4) is 0 Å². The molecule has 0 aliphatic rings. The molecule has 2 rings (SSSR count). The van der Waals surface area contributed by atoms with Crippen molar-refractivity contribution in [1.29, 1.82) is 0 Å². The lowest BCUT2D eigenvalue weighted by molar-refractivity contribution is 0.0697. The molecule has 0 unspecified atom stereocenters. The summed E-state index contributed by atoms with van der Waals surface area (Å²) in [5.74, 6) is -0.956. The van der Waals surface area contributed by atoms with E-state index in [0.717, 1.165) is 5.69 Å². The summed E-state index contributed by atoms with van der Waals surface area (Å²) in [6.07, 6.45) is 0. The molecule has 0 heterocycles. The third-order valence-corrected chi connectivity index (χ3v) is 3.18. The Hall–Kier alpha value is -1.71. The first-order chi connectivity index (χ1) is 8.58. The lowest BCUT2D eigenvalue weighted by Crippen LogP contribution is -1.96. The monoisotopic (exact) mass is 281 g/mol. The van der Waals surface area contributed by atoms with Crippen molar-refractivity contribution in [2.45, 2.75) is 0 Å². The van der Waals surface area contributed by atoms with Crippen LogP contribution in [-0.2, 0) is 0 Å². The van der Waals surface area contributed by atoms with E-state index in [-0.39, 0.29) is 5.56 Å². The van der Waals surface area contributed by atoms with E-state index in [0.29, 0.717) is 15.7 Å². The van der Waals surface area contributed by atoms with Gasteiger partial charge in [0.05, 0.1) is 21.3 Å². The average Bonchev–Trinajstić information content (AvgIpc) is 2.36. The molecule has 0 atom stereocenters. The topological polar surface area (TPSA) is 49.3 Å². The summed E-state index contributed by atoms with van der Waals surface area (Å²) in [6.45, 7) is 0. The van der Waals surface area contributed by atoms with Crippen molar-refractivity contribution in [1.82, 2.24) is 0 Å². The molecule has 0 aromatic heterocycles. The smallest absolute Gasteiger partial charge is 0.335 e. The molecule has 0 amide bonds. The molecule has 18 heavy (non-hydrogen) atoms. The average molecular weight is 282 g/mol. The molecule has 0 spiro atoms. The van der Waals surface area contributed by atoms with E-state index in [9.17, 15) is 4.79 Å². The highest BCUT2D eigenvalue weighted by atomic mass is 35.5. The van der Waals surface area contributed by atoms with Crippen molar-refractivity contribution in [3.05, 3.63) is 58.1 Å². The van der Waals surface area contributed by atoms with Crippen molar-refractivity contribution in [3.63, 3.8) is 0 Å². The second kappa shape index (κ2) is 5.29. The first-order valence-electron chi connectivity index (χ1n) is 5.12. The summed E-state index contributed by atoms with van der Waals surface area (Å²) < 4.78 is 0. The Morgan fingerprint density at radius 3 is 2.33 bits per heavy atom. The summed E-state index contributed by atoms with van der Waals surface area (Å²) in [7, 11) is 0. The molecule has 0 saturated heterocycles. The number of hydrogen-bond donors (Lipinski definition) is 2. The number of carboxylic acids is 1. The Labute approximate surface area is 114 Å². The number of hydrogen-bond acceptors (Lipinski definition) is 2. The van der Waals surface area contributed by atoms with E-state index in [1.165, 1.54) is 12.1 Å². The molecule has 2 aromatic carbocycles. The van der Waals surface area contributed by atoms with Crippen molar-refractivity contribution in [2.24, 2.45) is 0 Å². The normalized spacial score (nSPS) is 10.1. The van der Waals surface area contributed by atoms with E-state index < -0.39 is 5.97 Å². The Bertz CT molecular complexity index is 582. The van der Waals surface area contributed by atoms with Crippen LogP contribution in [0.1, 0.15) is 10.4 Å². The van der Waals surface area contributed by atoms with Crippen LogP contribution in [0.3, 0.4) is 0 Å². The van der Waals surface area contributed by atoms with Gasteiger partial charge in [-0.15, -0.1) is 0 Å². The van der Waals surface area contributed by atoms with E-state index in [4.69, 9.17) is 28.3 Å². The zero-order valence-corrected chi connectivity index (χ0v) is 10.7. The maximum atomic E-state index is 10.7. The molecule has 92 valence electrons. The Morgan fingerprint density at radius 2 is 1.72 bits per heavy atom. The highest BCUT2D eigenvalue weighted by molar-refractivity contribution is 6.43. The summed E-state index contributed by atoms with van der Waals surface area (Å²) in [4.78, 5) is 10.7. The van der Waals surface area contributed by atoms with Crippen LogP contribution in [0.2, 0.25) is 10.0 Å². The van der Waals surface area contributed by atoms with Crippen LogP contribution in [0.25, 0.3) is 0 Å². The molecule has 0 saturated carbocycles. The largest absolute Gasteiger partial charge is 0.478 e. The van der Waals surface area contributed by atoms with Crippen LogP contribution in [0.5, 0.6) is 0 Å². The van der Waals surface area contributed by atoms with Crippen LogP contribution in [-0.4, -0.2) is 11.1 Å². The Kier molecular flexibility index (Phi) is 3.75. The van der Waals surface area contributed by atoms with Crippen LogP contribution in [0.15, 0.2) is 42.5 Å². The van der Waals surface area contributed by atoms with Crippen LogP contribution in [0.4, 0.5) is 11.4 Å². The molecule has 0 aliphatic heterocycles. The number of carbonyl (C=O) groups is 1. The fraction of sp³-hybridized carbons (Fsp3) is 0. The molecule has 0 aliphatic carbocycles. The third-order valence-electron chi connectivity index (χ3n) is 2.36. The first-order valence-corrected chi connectivity index (χ1v) is 5.88. The van der Waals surface area contributed by atoms with Gasteiger partial charge < -0.3 is 10.4 Å². The zero-order valence-electron chi connectivity index (χ0n) is 9.15. The minimum Gasteiger partial charge on any atom is -0.478 e. The van der Waals surface area contributed by atoms with Gasteiger partial charge in [0, 0.05) is 5.69 Å². The number of anilines is 2. The fourth-order valence-electron chi connectivity index (χ4n) is 1.45. The van der Waals surface area contributed by atoms with Gasteiger partial charge in [0.1, 0.15) is 0 Å². The molecule has 2 N–H and O–H groups in total. The fourth-order valence-corrected chi connectivity index (χ4v) is 1.80. The molecule has 3 nitrogen and oxygen atoms in total. The summed E-state index contributed by atoms with van der Waals surface area (Å²) in [5.41, 5.74) is 1.65. The number of nitrogens with one attached hydrogen (secondary N) is 1.